The monoisotopic (exact) mass is 1430 g/mol. The molecule has 5 fully saturated rings. The number of hydrogen-bond donors (Lipinski definition) is 5. The molecule has 0 unspecified atom stereocenters. The number of piperidine rings is 3. The highest BCUT2D eigenvalue weighted by atomic mass is 19.1. The number of likely N-dealkylation sites (tertiary alicyclic amines) is 4. The maximum Gasteiger partial charge on any atom is 0.227 e. The maximum absolute atomic E-state index is 14.0. The van der Waals surface area contributed by atoms with E-state index >= 15 is 0 Å². The molecule has 1 aliphatic carbocycles. The molecule has 558 valence electrons. The predicted octanol–water partition coefficient (Wildman–Crippen LogP) is 11.4. The first-order valence-corrected chi connectivity index (χ1v) is 37.2. The van der Waals surface area contributed by atoms with E-state index in [0.717, 1.165) is 169 Å². The lowest BCUT2D eigenvalue weighted by Crippen LogP contribution is -2.55. The summed E-state index contributed by atoms with van der Waals surface area (Å²) < 4.78 is 53.1. The fourth-order valence-corrected chi connectivity index (χ4v) is 14.0. The first-order chi connectivity index (χ1) is 50.0. The molecule has 4 aliphatic heterocycles. The molecule has 5 N–H and O–H groups in total. The van der Waals surface area contributed by atoms with Crippen LogP contribution in [0.4, 0.5) is 17.6 Å². The highest BCUT2D eigenvalue weighted by Crippen LogP contribution is 2.33. The molecule has 0 radical (unpaired) electrons. The van der Waals surface area contributed by atoms with Crippen LogP contribution in [0.5, 0.6) is 0 Å². The van der Waals surface area contributed by atoms with Crippen molar-refractivity contribution in [3.05, 3.63) is 214 Å². The molecule has 5 aliphatic rings. The highest BCUT2D eigenvalue weighted by Gasteiger charge is 2.36. The maximum atomic E-state index is 14.0. The molecule has 0 aromatic heterocycles. The Hall–Kier alpha value is -8.79. The molecule has 4 saturated heterocycles. The smallest absolute Gasteiger partial charge is 0.227 e. The minimum absolute atomic E-state index is 0.00364. The zero-order chi connectivity index (χ0) is 74.1. The molecule has 4 heterocycles. The molecule has 11 rings (SSSR count). The largest absolute Gasteiger partial charge is 0.353 e. The summed E-state index contributed by atoms with van der Waals surface area (Å²) in [4.78, 5) is 97.5. The predicted molar refractivity (Wildman–Crippen MR) is 396 cm³/mol. The van der Waals surface area contributed by atoms with Crippen LogP contribution in [-0.4, -0.2) is 163 Å². The Labute approximate surface area is 611 Å². The Bertz CT molecular complexity index is 3700. The van der Waals surface area contributed by atoms with Crippen molar-refractivity contribution in [2.24, 2.45) is 17.3 Å². The van der Waals surface area contributed by atoms with E-state index in [-0.39, 0.29) is 132 Å². The number of nitrogens with one attached hydrogen (secondary N) is 5. The summed E-state index contributed by atoms with van der Waals surface area (Å²) in [5, 5.41) is 15.8. The van der Waals surface area contributed by atoms with Gasteiger partial charge in [0.15, 0.2) is 0 Å². The number of carbonyl (C=O) groups excluding carboxylic acids is 7. The van der Waals surface area contributed by atoms with E-state index in [9.17, 15) is 51.1 Å². The summed E-state index contributed by atoms with van der Waals surface area (Å²) in [7, 11) is 1.85. The lowest BCUT2D eigenvalue weighted by Gasteiger charge is -2.38. The van der Waals surface area contributed by atoms with Crippen molar-refractivity contribution in [2.75, 3.05) is 79.0 Å². The minimum Gasteiger partial charge on any atom is -0.353 e. The molecular weight excluding hydrogens is 1320 g/mol. The van der Waals surface area contributed by atoms with E-state index < -0.39 is 5.41 Å². The third-order valence-electron chi connectivity index (χ3n) is 20.8. The zero-order valence-corrected chi connectivity index (χ0v) is 61.1. The van der Waals surface area contributed by atoms with Crippen LogP contribution in [0.15, 0.2) is 158 Å². The van der Waals surface area contributed by atoms with Gasteiger partial charge in [-0.1, -0.05) is 136 Å². The average Bonchev–Trinajstić information content (AvgIpc) is 0.825. The fraction of sp³-hybridized carbons (Fsp3) is 0.482. The first kappa shape index (κ1) is 79.3. The van der Waals surface area contributed by atoms with Gasteiger partial charge in [-0.05, 0) is 153 Å². The van der Waals surface area contributed by atoms with Crippen LogP contribution < -0.4 is 26.6 Å². The Morgan fingerprint density at radius 3 is 1.18 bits per heavy atom. The van der Waals surface area contributed by atoms with Gasteiger partial charge in [0.25, 0.3) is 0 Å². The standard InChI is InChI=1S/C28H35F2N3O2.C28H35FN4O3.C27H36FN3O2/c1-32(28(35)21-4-2-5-21)26(22-6-3-7-24(30)19-22)14-17-33-15-12-25(13-16-33)31-27(34)18-20-8-10-23(29)11-9-20;1-20(34)33-18-23(19-33)28(36)31-26(22-5-3-2-4-6-22)13-16-32-14-11-25(12-15-32)30-27(35)17-21-7-9-24(29)10-8-21;1-27(2,3)26(33)30-24(21-7-5-4-6-8-21)15-18-31-16-13-23(14-17-31)29-25(32)19-20-9-11-22(28)12-10-20/h3,6-11,19,21,25-26H,2,4-5,12-18H2,1H3,(H,31,34);2-10,23,25-26H,11-19H2,1H3,(H,30,35)(H,31,36);4-12,23-24H,13-19H2,1-3H3,(H,29,32)(H,30,33)/t2*26-;24-/m000/s1. The van der Waals surface area contributed by atoms with Crippen molar-refractivity contribution in [1.82, 2.24) is 51.1 Å². The van der Waals surface area contributed by atoms with E-state index in [0.29, 0.717) is 13.1 Å². The molecule has 104 heavy (non-hydrogen) atoms. The quantitative estimate of drug-likeness (QED) is 0.0326. The van der Waals surface area contributed by atoms with Gasteiger partial charge in [0.1, 0.15) is 23.3 Å². The van der Waals surface area contributed by atoms with Crippen LogP contribution >= 0.6 is 0 Å². The Morgan fingerprint density at radius 2 is 0.827 bits per heavy atom. The number of carbonyl (C=O) groups is 7. The SMILES string of the molecule is CC(=O)N1CC(C(=O)N[C@@H](CCN2CCC(NC(=O)Cc3ccc(F)cc3)CC2)c2ccccc2)C1.CC(C)(C)C(=O)N[C@@H](CCN1CCC(NC(=O)Cc2ccc(F)cc2)CC1)c1ccccc1.CN(C(=O)C1CCC1)[C@@H](CCN1CCC(NC(=O)Cc2ccc(F)cc2)CC1)c1cccc(F)c1. The number of amides is 7. The van der Waals surface area contributed by atoms with Crippen LogP contribution in [0.3, 0.4) is 0 Å². The molecule has 6 aromatic carbocycles. The van der Waals surface area contributed by atoms with Crippen molar-refractivity contribution in [1.29, 1.82) is 0 Å². The second-order valence-electron chi connectivity index (χ2n) is 29.8. The van der Waals surface area contributed by atoms with E-state index in [1.165, 1.54) is 55.5 Å². The van der Waals surface area contributed by atoms with Gasteiger partial charge in [-0.25, -0.2) is 17.6 Å². The van der Waals surface area contributed by atoms with Crippen LogP contribution in [-0.2, 0) is 52.8 Å². The second-order valence-corrected chi connectivity index (χ2v) is 29.8. The van der Waals surface area contributed by atoms with Gasteiger partial charge in [0, 0.05) is 115 Å². The molecule has 6 aromatic rings. The molecule has 0 bridgehead atoms. The lowest BCUT2D eigenvalue weighted by atomic mass is 9.84. The zero-order valence-electron chi connectivity index (χ0n) is 61.1. The van der Waals surface area contributed by atoms with Crippen LogP contribution in [0.1, 0.15) is 156 Å². The summed E-state index contributed by atoms with van der Waals surface area (Å²) in [5.74, 6) is -1.10. The van der Waals surface area contributed by atoms with Gasteiger partial charge in [0.2, 0.25) is 41.4 Å². The Morgan fingerprint density at radius 1 is 0.452 bits per heavy atom. The number of halogens is 4. The summed E-state index contributed by atoms with van der Waals surface area (Å²) in [6.07, 6.45) is 11.4. The molecule has 3 atom stereocenters. The second kappa shape index (κ2) is 39.4. The van der Waals surface area contributed by atoms with E-state index in [2.05, 4.69) is 53.4 Å². The number of benzene rings is 6. The fourth-order valence-electron chi connectivity index (χ4n) is 14.0. The van der Waals surface area contributed by atoms with E-state index in [4.69, 9.17) is 0 Å². The Kier molecular flexibility index (Phi) is 30.0. The third-order valence-corrected chi connectivity index (χ3v) is 20.8. The van der Waals surface area contributed by atoms with Crippen molar-refractivity contribution in [3.63, 3.8) is 0 Å². The van der Waals surface area contributed by atoms with Crippen LogP contribution in [0.25, 0.3) is 0 Å². The van der Waals surface area contributed by atoms with Crippen LogP contribution in [0.2, 0.25) is 0 Å². The molecule has 7 amide bonds. The number of rotatable bonds is 26. The number of nitrogens with zero attached hydrogens (tertiary/aromatic N) is 5. The highest BCUT2D eigenvalue weighted by molar-refractivity contribution is 5.84. The van der Waals surface area contributed by atoms with Gasteiger partial charge in [-0.15, -0.1) is 0 Å². The van der Waals surface area contributed by atoms with Gasteiger partial charge in [0.05, 0.1) is 43.3 Å². The summed E-state index contributed by atoms with van der Waals surface area (Å²) in [6.45, 7) is 16.1. The normalized spacial score (nSPS) is 17.4. The van der Waals surface area contributed by atoms with Gasteiger partial charge < -0.3 is 51.1 Å². The van der Waals surface area contributed by atoms with E-state index in [1.807, 2.05) is 87.3 Å². The molecule has 1 saturated carbocycles. The van der Waals surface area contributed by atoms with Crippen molar-refractivity contribution in [3.8, 4) is 0 Å². The minimum atomic E-state index is -0.433. The molecule has 21 heteroatoms. The van der Waals surface area contributed by atoms with Crippen molar-refractivity contribution in [2.45, 2.75) is 160 Å². The van der Waals surface area contributed by atoms with Crippen molar-refractivity contribution >= 4 is 41.4 Å². The summed E-state index contributed by atoms with van der Waals surface area (Å²) >= 11 is 0. The summed E-state index contributed by atoms with van der Waals surface area (Å²) in [6, 6.07) is 45.0. The third kappa shape index (κ3) is 25.5. The van der Waals surface area contributed by atoms with E-state index in [1.54, 1.807) is 47.4 Å². The topological polar surface area (TPSA) is 196 Å². The molecule has 17 nitrogen and oxygen atoms in total. The van der Waals surface area contributed by atoms with Crippen LogP contribution in [0, 0.1) is 40.5 Å². The van der Waals surface area contributed by atoms with Crippen molar-refractivity contribution < 1.29 is 51.1 Å². The lowest BCUT2D eigenvalue weighted by molar-refractivity contribution is -0.142. The summed E-state index contributed by atoms with van der Waals surface area (Å²) in [5.41, 5.74) is 5.02. The van der Waals surface area contributed by atoms with Gasteiger partial charge >= 0.3 is 0 Å². The first-order valence-electron chi connectivity index (χ1n) is 37.2. The Balaban J connectivity index is 0.000000181. The average molecular weight is 1430 g/mol. The van der Waals surface area contributed by atoms with Gasteiger partial charge in [-0.3, -0.25) is 33.6 Å². The van der Waals surface area contributed by atoms with Gasteiger partial charge in [-0.2, -0.15) is 0 Å². The number of hydrogen-bond acceptors (Lipinski definition) is 10. The molecular formula is C83H106F4N10O7. The molecule has 0 spiro atoms.